The van der Waals surface area contributed by atoms with Crippen molar-refractivity contribution >= 4 is 11.9 Å². The van der Waals surface area contributed by atoms with Crippen molar-refractivity contribution in [3.63, 3.8) is 0 Å². The maximum atomic E-state index is 12.9. The van der Waals surface area contributed by atoms with Crippen molar-refractivity contribution in [2.45, 2.75) is 39.3 Å². The minimum absolute atomic E-state index is 0.0438. The average Bonchev–Trinajstić information content (AvgIpc) is 3.44. The lowest BCUT2D eigenvalue weighted by atomic mass is 9.99. The van der Waals surface area contributed by atoms with Crippen molar-refractivity contribution in [3.05, 3.63) is 63.9 Å². The molecule has 5 rings (SSSR count). The van der Waals surface area contributed by atoms with Crippen LogP contribution in [0.2, 0.25) is 0 Å². The first kappa shape index (κ1) is 15.6. The third-order valence-corrected chi connectivity index (χ3v) is 5.50. The normalized spacial score (nSPS) is 20.5. The summed E-state index contributed by atoms with van der Waals surface area (Å²) in [5.74, 6) is 1.87. The predicted octanol–water partition coefficient (Wildman–Crippen LogP) is 4.23. The molecule has 0 atom stereocenters. The van der Waals surface area contributed by atoms with Crippen LogP contribution in [0.1, 0.15) is 45.5 Å². The van der Waals surface area contributed by atoms with Gasteiger partial charge in [0.2, 0.25) is 5.78 Å². The molecule has 0 aromatic heterocycles. The highest BCUT2D eigenvalue weighted by Crippen LogP contribution is 2.44. The van der Waals surface area contributed by atoms with Gasteiger partial charge in [-0.2, -0.15) is 0 Å². The largest absolute Gasteiger partial charge is 0.477 e. The summed E-state index contributed by atoms with van der Waals surface area (Å²) in [7, 11) is 0. The monoisotopic (exact) mass is 347 g/mol. The molecule has 2 heterocycles. The smallest absolute Gasteiger partial charge is 0.231 e. The lowest BCUT2D eigenvalue weighted by molar-refractivity contribution is 0.0872. The molecule has 0 radical (unpaired) electrons. The molecule has 4 nitrogen and oxygen atoms in total. The van der Waals surface area contributed by atoms with Crippen molar-refractivity contribution < 1.29 is 14.3 Å². The molecule has 132 valence electrons. The molecule has 2 aromatic rings. The second-order valence-electron chi connectivity index (χ2n) is 7.41. The molecule has 4 heteroatoms. The number of aryl methyl sites for hydroxylation is 1. The summed E-state index contributed by atoms with van der Waals surface area (Å²) in [6.07, 6.45) is 4.33. The van der Waals surface area contributed by atoms with Gasteiger partial charge in [-0.1, -0.05) is 24.3 Å². The predicted molar refractivity (Wildman–Crippen MR) is 99.4 cm³/mol. The lowest BCUT2D eigenvalue weighted by Gasteiger charge is -2.30. The topological polar surface area (TPSA) is 38.8 Å². The molecular formula is C22H21NO3. The summed E-state index contributed by atoms with van der Waals surface area (Å²) in [4.78, 5) is 15.3. The number of nitrogens with zero attached hydrogens (tertiary/aromatic N) is 1. The van der Waals surface area contributed by atoms with E-state index in [1.54, 1.807) is 0 Å². The number of allylic oxidation sites excluding steroid dienone is 1. The zero-order valence-electron chi connectivity index (χ0n) is 15.0. The Labute approximate surface area is 153 Å². The van der Waals surface area contributed by atoms with Crippen molar-refractivity contribution in [2.24, 2.45) is 0 Å². The van der Waals surface area contributed by atoms with Crippen LogP contribution in [0.15, 0.2) is 36.1 Å². The highest BCUT2D eigenvalue weighted by molar-refractivity contribution is 6.15. The molecule has 0 saturated heterocycles. The van der Waals surface area contributed by atoms with Gasteiger partial charge in [-0.15, -0.1) is 0 Å². The van der Waals surface area contributed by atoms with Crippen LogP contribution in [-0.2, 0) is 6.54 Å². The van der Waals surface area contributed by atoms with Crippen LogP contribution >= 0.6 is 0 Å². The Bertz CT molecular complexity index is 956. The van der Waals surface area contributed by atoms with Gasteiger partial charge in [0.05, 0.1) is 5.56 Å². The van der Waals surface area contributed by atoms with E-state index in [1.807, 2.05) is 50.3 Å². The molecule has 1 fully saturated rings. The van der Waals surface area contributed by atoms with Gasteiger partial charge in [0.1, 0.15) is 18.2 Å². The number of rotatable bonds is 2. The van der Waals surface area contributed by atoms with Crippen LogP contribution in [0.3, 0.4) is 0 Å². The minimum Gasteiger partial charge on any atom is -0.477 e. The fourth-order valence-electron chi connectivity index (χ4n) is 3.83. The molecule has 1 aliphatic carbocycles. The maximum Gasteiger partial charge on any atom is 0.231 e. The number of fused-ring (bicyclic) bond motifs is 2. The fourth-order valence-corrected chi connectivity index (χ4v) is 3.83. The molecule has 0 bridgehead atoms. The molecule has 0 unspecified atom stereocenters. The number of carbonyl (C=O) groups excluding carboxylic acids is 1. The molecule has 0 amide bonds. The van der Waals surface area contributed by atoms with E-state index in [1.165, 1.54) is 12.8 Å². The van der Waals surface area contributed by atoms with Gasteiger partial charge < -0.3 is 9.47 Å². The zero-order valence-corrected chi connectivity index (χ0v) is 15.0. The second-order valence-corrected chi connectivity index (χ2v) is 7.41. The molecule has 2 aromatic carbocycles. The lowest BCUT2D eigenvalue weighted by Crippen LogP contribution is -2.34. The standard InChI is InChI=1S/C22H21NO3/c1-13-5-3-4-6-15(13)10-19-20(24)18-9-16-11-23(17-7-8-17)12-25-21(16)14(2)22(18)26-19/h3-6,9-10,17H,7-8,11-12H2,1-2H3/b19-10-. The van der Waals surface area contributed by atoms with Gasteiger partial charge in [0.15, 0.2) is 5.76 Å². The van der Waals surface area contributed by atoms with E-state index in [0.717, 1.165) is 34.5 Å². The Morgan fingerprint density at radius 1 is 1.15 bits per heavy atom. The van der Waals surface area contributed by atoms with Crippen LogP contribution in [0.25, 0.3) is 6.08 Å². The van der Waals surface area contributed by atoms with Gasteiger partial charge in [-0.3, -0.25) is 9.69 Å². The second kappa shape index (κ2) is 5.71. The van der Waals surface area contributed by atoms with E-state index in [9.17, 15) is 4.79 Å². The Morgan fingerprint density at radius 2 is 1.96 bits per heavy atom. The summed E-state index contributed by atoms with van der Waals surface area (Å²) < 4.78 is 12.0. The number of benzene rings is 2. The van der Waals surface area contributed by atoms with Gasteiger partial charge in [-0.05, 0) is 50.0 Å². The van der Waals surface area contributed by atoms with Gasteiger partial charge in [0, 0.05) is 23.7 Å². The van der Waals surface area contributed by atoms with E-state index >= 15 is 0 Å². The number of hydrogen-bond donors (Lipinski definition) is 0. The first-order chi connectivity index (χ1) is 12.6. The highest BCUT2D eigenvalue weighted by Gasteiger charge is 2.36. The Morgan fingerprint density at radius 3 is 2.73 bits per heavy atom. The molecule has 2 aliphatic heterocycles. The summed E-state index contributed by atoms with van der Waals surface area (Å²) >= 11 is 0. The van der Waals surface area contributed by atoms with E-state index < -0.39 is 0 Å². The fraction of sp³-hybridized carbons (Fsp3) is 0.318. The molecule has 0 N–H and O–H groups in total. The number of carbonyl (C=O) groups is 1. The SMILES string of the molecule is Cc1ccccc1/C=C1\Oc2c(cc3c(c2C)OCN(C2CC2)C3)C1=O. The van der Waals surface area contributed by atoms with E-state index in [4.69, 9.17) is 9.47 Å². The summed E-state index contributed by atoms with van der Waals surface area (Å²) in [6, 6.07) is 10.6. The van der Waals surface area contributed by atoms with E-state index in [0.29, 0.717) is 29.8 Å². The summed E-state index contributed by atoms with van der Waals surface area (Å²) in [5.41, 5.74) is 4.79. The van der Waals surface area contributed by atoms with Crippen molar-refractivity contribution in [1.82, 2.24) is 4.90 Å². The summed E-state index contributed by atoms with van der Waals surface area (Å²) in [5, 5.41) is 0. The average molecular weight is 347 g/mol. The maximum absolute atomic E-state index is 12.9. The van der Waals surface area contributed by atoms with Crippen LogP contribution in [-0.4, -0.2) is 23.5 Å². The molecule has 26 heavy (non-hydrogen) atoms. The highest BCUT2D eigenvalue weighted by atomic mass is 16.5. The van der Waals surface area contributed by atoms with E-state index in [-0.39, 0.29) is 5.78 Å². The first-order valence-electron chi connectivity index (χ1n) is 9.15. The van der Waals surface area contributed by atoms with Crippen molar-refractivity contribution in [3.8, 4) is 11.5 Å². The third kappa shape index (κ3) is 2.44. The molecule has 3 aliphatic rings. The van der Waals surface area contributed by atoms with Crippen molar-refractivity contribution in [1.29, 1.82) is 0 Å². The minimum atomic E-state index is -0.0438. The number of hydrogen-bond acceptors (Lipinski definition) is 4. The van der Waals surface area contributed by atoms with Crippen LogP contribution in [0.4, 0.5) is 0 Å². The quantitative estimate of drug-likeness (QED) is 0.762. The Hall–Kier alpha value is -2.59. The Kier molecular flexibility index (Phi) is 3.44. The van der Waals surface area contributed by atoms with Crippen LogP contribution in [0.5, 0.6) is 11.5 Å². The molecule has 1 saturated carbocycles. The zero-order chi connectivity index (χ0) is 17.8. The molecule has 0 spiro atoms. The van der Waals surface area contributed by atoms with Crippen LogP contribution in [0, 0.1) is 13.8 Å². The summed E-state index contributed by atoms with van der Waals surface area (Å²) in [6.45, 7) is 5.48. The number of ketones is 1. The third-order valence-electron chi connectivity index (χ3n) is 5.50. The van der Waals surface area contributed by atoms with E-state index in [2.05, 4.69) is 4.90 Å². The first-order valence-corrected chi connectivity index (χ1v) is 9.15. The van der Waals surface area contributed by atoms with Gasteiger partial charge >= 0.3 is 0 Å². The Balaban J connectivity index is 1.53. The van der Waals surface area contributed by atoms with Crippen LogP contribution < -0.4 is 9.47 Å². The number of Topliss-reactive ketones (excluding diaryl/α,β-unsaturated/α-hetero) is 1. The number of ether oxygens (including phenoxy) is 2. The van der Waals surface area contributed by atoms with Gasteiger partial charge in [-0.25, -0.2) is 0 Å². The van der Waals surface area contributed by atoms with Crippen molar-refractivity contribution in [2.75, 3.05) is 6.73 Å². The van der Waals surface area contributed by atoms with Gasteiger partial charge in [0.25, 0.3) is 0 Å². The molecular weight excluding hydrogens is 326 g/mol.